The normalized spacial score (nSPS) is 28.8. The molecule has 6 heteroatoms. The maximum absolute atomic E-state index is 9.09. The Hall–Kier alpha value is -2.18. The van der Waals surface area contributed by atoms with Crippen molar-refractivity contribution in [1.82, 2.24) is 14.9 Å². The lowest BCUT2D eigenvalue weighted by Crippen LogP contribution is -2.64. The second-order valence-corrected chi connectivity index (χ2v) is 9.13. The van der Waals surface area contributed by atoms with Crippen LogP contribution in [0.3, 0.4) is 0 Å². The second kappa shape index (κ2) is 8.90. The molecule has 2 bridgehead atoms. The Kier molecular flexibility index (Phi) is 5.86. The highest BCUT2D eigenvalue weighted by atomic mass is 16.3. The van der Waals surface area contributed by atoms with E-state index in [2.05, 4.69) is 55.4 Å². The molecule has 2 N–H and O–H groups in total. The number of nitrogens with one attached hydrogen (secondary N) is 1. The van der Waals surface area contributed by atoms with Crippen LogP contribution in [0.4, 0.5) is 11.6 Å². The summed E-state index contributed by atoms with van der Waals surface area (Å²) in [6.45, 7) is 4.03. The molecule has 0 unspecified atom stereocenters. The van der Waals surface area contributed by atoms with E-state index in [0.29, 0.717) is 24.5 Å². The Labute approximate surface area is 179 Å². The number of aromatic nitrogens is 2. The minimum atomic E-state index is 0.103. The third kappa shape index (κ3) is 4.03. The van der Waals surface area contributed by atoms with Crippen molar-refractivity contribution in [2.45, 2.75) is 44.2 Å². The molecule has 0 aliphatic carbocycles. The Bertz CT molecular complexity index is 831. The Morgan fingerprint density at radius 2 is 1.93 bits per heavy atom. The lowest BCUT2D eigenvalue weighted by molar-refractivity contribution is -0.0318. The highest BCUT2D eigenvalue weighted by Crippen LogP contribution is 2.43. The Morgan fingerprint density at radius 3 is 2.80 bits per heavy atom. The maximum atomic E-state index is 9.09. The highest BCUT2D eigenvalue weighted by Gasteiger charge is 2.47. The van der Waals surface area contributed by atoms with Gasteiger partial charge in [0.2, 0.25) is 0 Å². The first-order valence-corrected chi connectivity index (χ1v) is 11.5. The molecule has 4 heterocycles. The van der Waals surface area contributed by atoms with Gasteiger partial charge in [0, 0.05) is 37.8 Å². The second-order valence-electron chi connectivity index (χ2n) is 9.13. The molecule has 1 aromatic heterocycles. The number of hydrogen-bond donors (Lipinski definition) is 2. The summed E-state index contributed by atoms with van der Waals surface area (Å²) < 4.78 is 0. The van der Waals surface area contributed by atoms with E-state index in [-0.39, 0.29) is 6.61 Å². The summed E-state index contributed by atoms with van der Waals surface area (Å²) in [6, 6.07) is 14.4. The topological polar surface area (TPSA) is 64.5 Å². The van der Waals surface area contributed by atoms with Crippen LogP contribution in [0.25, 0.3) is 0 Å². The van der Waals surface area contributed by atoms with Gasteiger partial charge < -0.3 is 15.3 Å². The number of rotatable bonds is 6. The van der Waals surface area contributed by atoms with Crippen LogP contribution >= 0.6 is 0 Å². The molecular formula is C24H33N5O. The smallest absolute Gasteiger partial charge is 0.134 e. The number of aliphatic hydroxyl groups is 1. The number of fused-ring (bicyclic) bond motifs is 4. The summed E-state index contributed by atoms with van der Waals surface area (Å²) in [4.78, 5) is 14.3. The van der Waals surface area contributed by atoms with Crippen LogP contribution in [-0.2, 0) is 6.42 Å². The van der Waals surface area contributed by atoms with Gasteiger partial charge in [0.15, 0.2) is 0 Å². The minimum Gasteiger partial charge on any atom is -0.395 e. The number of benzene rings is 1. The van der Waals surface area contributed by atoms with Gasteiger partial charge in [-0.1, -0.05) is 36.8 Å². The molecule has 0 spiro atoms. The van der Waals surface area contributed by atoms with Gasteiger partial charge in [0.1, 0.15) is 18.0 Å². The first-order chi connectivity index (χ1) is 14.8. The van der Waals surface area contributed by atoms with Crippen LogP contribution in [0.2, 0.25) is 0 Å². The highest BCUT2D eigenvalue weighted by molar-refractivity contribution is 5.49. The largest absolute Gasteiger partial charge is 0.395 e. The zero-order chi connectivity index (χ0) is 20.3. The third-order valence-electron chi connectivity index (χ3n) is 7.30. The van der Waals surface area contributed by atoms with E-state index >= 15 is 0 Å². The number of piperidine rings is 3. The van der Waals surface area contributed by atoms with Crippen LogP contribution in [0.15, 0.2) is 42.7 Å². The number of nitrogens with zero attached hydrogens (tertiary/aromatic N) is 4. The van der Waals surface area contributed by atoms with Crippen molar-refractivity contribution >= 4 is 11.6 Å². The number of hydrogen-bond acceptors (Lipinski definition) is 6. The van der Waals surface area contributed by atoms with Crippen LogP contribution in [0, 0.1) is 11.8 Å². The van der Waals surface area contributed by atoms with E-state index in [1.165, 1.54) is 37.8 Å². The maximum Gasteiger partial charge on any atom is 0.134 e. The molecule has 160 valence electrons. The van der Waals surface area contributed by atoms with E-state index in [1.807, 2.05) is 6.07 Å². The van der Waals surface area contributed by atoms with Crippen LogP contribution in [-0.4, -0.2) is 64.8 Å². The third-order valence-corrected chi connectivity index (χ3v) is 7.30. The molecule has 3 fully saturated rings. The van der Waals surface area contributed by atoms with Crippen molar-refractivity contribution in [2.75, 3.05) is 43.0 Å². The van der Waals surface area contributed by atoms with Crippen molar-refractivity contribution < 1.29 is 5.11 Å². The van der Waals surface area contributed by atoms with Crippen LogP contribution in [0.5, 0.6) is 0 Å². The molecule has 0 amide bonds. The standard InChI is InChI=1S/C24H33N5O/c30-11-9-25-23-14-24(27-17-26-23)28-15-19-13-20(16-28)22(12-18-6-2-1-3-7-18)29-10-5-4-8-21(19)29/h1-3,6-7,14,17,19-22,30H,4-5,8-13,15-16H2,(H,25,26,27)/t19-,20+,21+,22+/m1/s1. The number of anilines is 2. The van der Waals surface area contributed by atoms with Crippen molar-refractivity contribution in [2.24, 2.45) is 11.8 Å². The molecule has 0 radical (unpaired) electrons. The summed E-state index contributed by atoms with van der Waals surface area (Å²) in [7, 11) is 0. The number of aliphatic hydroxyl groups excluding tert-OH is 1. The Balaban J connectivity index is 1.39. The molecule has 1 aromatic carbocycles. The molecule has 5 rings (SSSR count). The van der Waals surface area contributed by atoms with E-state index in [1.54, 1.807) is 6.33 Å². The molecule has 4 atom stereocenters. The summed E-state index contributed by atoms with van der Waals surface area (Å²) in [5, 5.41) is 12.3. The van der Waals surface area contributed by atoms with E-state index in [0.717, 1.165) is 37.1 Å². The van der Waals surface area contributed by atoms with Crippen molar-refractivity contribution in [3.63, 3.8) is 0 Å². The molecule has 3 aliphatic heterocycles. The van der Waals surface area contributed by atoms with Crippen LogP contribution in [0.1, 0.15) is 31.2 Å². The molecule has 3 aliphatic rings. The van der Waals surface area contributed by atoms with Gasteiger partial charge in [0.05, 0.1) is 6.61 Å². The fourth-order valence-corrected chi connectivity index (χ4v) is 6.03. The summed E-state index contributed by atoms with van der Waals surface area (Å²) in [6.07, 6.45) is 8.18. The van der Waals surface area contributed by atoms with Crippen molar-refractivity contribution in [3.05, 3.63) is 48.3 Å². The van der Waals surface area contributed by atoms with Crippen LogP contribution < -0.4 is 10.2 Å². The first kappa shape index (κ1) is 19.8. The quantitative estimate of drug-likeness (QED) is 0.768. The molecular weight excluding hydrogens is 374 g/mol. The van der Waals surface area contributed by atoms with Gasteiger partial charge in [-0.2, -0.15) is 0 Å². The van der Waals surface area contributed by atoms with Gasteiger partial charge in [-0.3, -0.25) is 4.90 Å². The zero-order valence-corrected chi connectivity index (χ0v) is 17.7. The average Bonchev–Trinajstić information content (AvgIpc) is 2.81. The fraction of sp³-hybridized carbons (Fsp3) is 0.583. The molecule has 30 heavy (non-hydrogen) atoms. The van der Waals surface area contributed by atoms with Gasteiger partial charge >= 0.3 is 0 Å². The van der Waals surface area contributed by atoms with Gasteiger partial charge in [-0.15, -0.1) is 0 Å². The summed E-state index contributed by atoms with van der Waals surface area (Å²) in [5.41, 5.74) is 1.46. The Morgan fingerprint density at radius 1 is 1.07 bits per heavy atom. The van der Waals surface area contributed by atoms with E-state index in [4.69, 9.17) is 5.11 Å². The SMILES string of the molecule is OCCNc1cc(N2C[C@H]3C[C@@H](C2)[C@H](Cc2ccccc2)N2CCCC[C@@H]32)ncn1. The molecule has 2 aromatic rings. The fourth-order valence-electron chi connectivity index (χ4n) is 6.03. The summed E-state index contributed by atoms with van der Waals surface area (Å²) in [5.74, 6) is 3.20. The lowest BCUT2D eigenvalue weighted by Gasteiger charge is -2.57. The summed E-state index contributed by atoms with van der Waals surface area (Å²) >= 11 is 0. The molecule has 6 nitrogen and oxygen atoms in total. The van der Waals surface area contributed by atoms with Crippen molar-refractivity contribution in [3.8, 4) is 0 Å². The molecule has 3 saturated heterocycles. The first-order valence-electron chi connectivity index (χ1n) is 11.5. The van der Waals surface area contributed by atoms with E-state index in [9.17, 15) is 0 Å². The van der Waals surface area contributed by atoms with E-state index < -0.39 is 0 Å². The van der Waals surface area contributed by atoms with Gasteiger partial charge in [-0.05, 0) is 49.6 Å². The minimum absolute atomic E-state index is 0.103. The monoisotopic (exact) mass is 407 g/mol. The van der Waals surface area contributed by atoms with Gasteiger partial charge in [-0.25, -0.2) is 9.97 Å². The molecule has 0 saturated carbocycles. The zero-order valence-electron chi connectivity index (χ0n) is 17.7. The lowest BCUT2D eigenvalue weighted by atomic mass is 9.71. The van der Waals surface area contributed by atoms with Gasteiger partial charge in [0.25, 0.3) is 0 Å². The average molecular weight is 408 g/mol. The van der Waals surface area contributed by atoms with Crippen molar-refractivity contribution in [1.29, 1.82) is 0 Å². The predicted octanol–water partition coefficient (Wildman–Crippen LogP) is 2.80. The predicted molar refractivity (Wildman–Crippen MR) is 120 cm³/mol.